The van der Waals surface area contributed by atoms with Crippen molar-refractivity contribution in [1.82, 2.24) is 0 Å². The van der Waals surface area contributed by atoms with Gasteiger partial charge in [-0.2, -0.15) is 0 Å². The first-order chi connectivity index (χ1) is 7.11. The maximum Gasteiger partial charge on any atom is 0.185 e. The van der Waals surface area contributed by atoms with E-state index in [2.05, 4.69) is 11.9 Å². The zero-order valence-electron chi connectivity index (χ0n) is 9.83. The van der Waals surface area contributed by atoms with Crippen molar-refractivity contribution in [2.45, 2.75) is 46.0 Å². The Morgan fingerprint density at radius 2 is 1.93 bits per heavy atom. The fourth-order valence-corrected chi connectivity index (χ4v) is 1.65. The summed E-state index contributed by atoms with van der Waals surface area (Å²) in [6, 6.07) is 0. The molecule has 0 amide bonds. The van der Waals surface area contributed by atoms with Gasteiger partial charge in [0.05, 0.1) is 0 Å². The van der Waals surface area contributed by atoms with Gasteiger partial charge in [-0.25, -0.2) is 0 Å². The highest BCUT2D eigenvalue weighted by atomic mass is 16.1. The fraction of sp³-hybridized carbons (Fsp3) is 0.818. The van der Waals surface area contributed by atoms with Crippen LogP contribution in [0.4, 0.5) is 0 Å². The van der Waals surface area contributed by atoms with Crippen molar-refractivity contribution in [3.63, 3.8) is 0 Å². The predicted molar refractivity (Wildman–Crippen MR) is 63.6 cm³/mol. The highest BCUT2D eigenvalue weighted by Crippen LogP contribution is 2.16. The van der Waals surface area contributed by atoms with Gasteiger partial charge in [-0.15, -0.1) is 0 Å². The van der Waals surface area contributed by atoms with Crippen LogP contribution in [0.3, 0.4) is 0 Å². The van der Waals surface area contributed by atoms with Gasteiger partial charge >= 0.3 is 0 Å². The van der Waals surface area contributed by atoms with E-state index in [1.807, 2.05) is 6.92 Å². The molecule has 0 aromatic heterocycles. The lowest BCUT2D eigenvalue weighted by molar-refractivity contribution is -0.123. The number of nitrogens with zero attached hydrogens (tertiary/aromatic N) is 1. The molecule has 0 aliphatic rings. The summed E-state index contributed by atoms with van der Waals surface area (Å²) in [5.74, 6) is 0.694. The third kappa shape index (κ3) is 6.94. The summed E-state index contributed by atoms with van der Waals surface area (Å²) in [6.45, 7) is 4.65. The lowest BCUT2D eigenvalue weighted by Crippen LogP contribution is -2.23. The highest BCUT2D eigenvalue weighted by molar-refractivity contribution is 5.80. The van der Waals surface area contributed by atoms with Crippen LogP contribution in [0.5, 0.6) is 0 Å². The number of ketones is 1. The summed E-state index contributed by atoms with van der Waals surface area (Å²) in [5, 5.41) is 0. The molecule has 0 radical (unpaired) electrons. The summed E-state index contributed by atoms with van der Waals surface area (Å²) in [4.78, 5) is 15.4. The van der Waals surface area contributed by atoms with E-state index in [-0.39, 0.29) is 11.9 Å². The van der Waals surface area contributed by atoms with Crippen LogP contribution in [0.1, 0.15) is 46.0 Å². The Morgan fingerprint density at radius 1 is 1.27 bits per heavy atom. The van der Waals surface area contributed by atoms with Crippen molar-refractivity contribution in [1.29, 1.82) is 0 Å². The molecule has 4 heteroatoms. The predicted octanol–water partition coefficient (Wildman–Crippen LogP) is 1.44. The molecule has 0 aromatic rings. The molecular formula is C11H23N3O. The Labute approximate surface area is 92.1 Å². The van der Waals surface area contributed by atoms with Gasteiger partial charge in [-0.05, 0) is 19.3 Å². The SMILES string of the molecule is CCCC(CCCN=C(N)N)C(=O)CC. The lowest BCUT2D eigenvalue weighted by Gasteiger charge is -2.12. The van der Waals surface area contributed by atoms with Gasteiger partial charge in [-0.3, -0.25) is 9.79 Å². The van der Waals surface area contributed by atoms with Gasteiger partial charge in [0, 0.05) is 18.9 Å². The Bertz CT molecular complexity index is 210. The maximum absolute atomic E-state index is 11.5. The first kappa shape index (κ1) is 13.9. The van der Waals surface area contributed by atoms with Crippen LogP contribution in [-0.4, -0.2) is 18.3 Å². The van der Waals surface area contributed by atoms with E-state index in [1.165, 1.54) is 0 Å². The van der Waals surface area contributed by atoms with E-state index < -0.39 is 0 Å². The summed E-state index contributed by atoms with van der Waals surface area (Å²) in [5.41, 5.74) is 10.4. The van der Waals surface area contributed by atoms with Gasteiger partial charge in [0.15, 0.2) is 5.96 Å². The molecule has 1 atom stereocenters. The van der Waals surface area contributed by atoms with Crippen molar-refractivity contribution in [2.75, 3.05) is 6.54 Å². The molecule has 0 saturated carbocycles. The number of Topliss-reactive ketones (excluding diaryl/α,β-unsaturated/α-hetero) is 1. The second-order valence-corrected chi connectivity index (χ2v) is 3.75. The van der Waals surface area contributed by atoms with E-state index in [0.717, 1.165) is 25.7 Å². The fourth-order valence-electron chi connectivity index (χ4n) is 1.65. The number of hydrogen-bond acceptors (Lipinski definition) is 2. The van der Waals surface area contributed by atoms with Crippen LogP contribution in [0, 0.1) is 5.92 Å². The molecule has 0 fully saturated rings. The number of carbonyl (C=O) groups is 1. The van der Waals surface area contributed by atoms with Gasteiger partial charge < -0.3 is 11.5 Å². The van der Waals surface area contributed by atoms with E-state index in [0.29, 0.717) is 18.7 Å². The first-order valence-electron chi connectivity index (χ1n) is 5.69. The number of rotatable bonds is 8. The van der Waals surface area contributed by atoms with Gasteiger partial charge in [0.2, 0.25) is 0 Å². The Morgan fingerprint density at radius 3 is 2.40 bits per heavy atom. The third-order valence-electron chi connectivity index (χ3n) is 2.45. The molecule has 0 spiro atoms. The second kappa shape index (κ2) is 8.26. The first-order valence-corrected chi connectivity index (χ1v) is 5.69. The van der Waals surface area contributed by atoms with Crippen LogP contribution in [0.15, 0.2) is 4.99 Å². The largest absolute Gasteiger partial charge is 0.370 e. The van der Waals surface area contributed by atoms with Crippen molar-refractivity contribution in [3.05, 3.63) is 0 Å². The summed E-state index contributed by atoms with van der Waals surface area (Å²) in [6.07, 6.45) is 4.45. The normalized spacial score (nSPS) is 12.1. The monoisotopic (exact) mass is 213 g/mol. The lowest BCUT2D eigenvalue weighted by atomic mass is 9.92. The standard InChI is InChI=1S/C11H23N3O/c1-3-6-9(10(15)4-2)7-5-8-14-11(12)13/h9H,3-8H2,1-2H3,(H4,12,13,14). The highest BCUT2D eigenvalue weighted by Gasteiger charge is 2.14. The molecule has 0 heterocycles. The minimum Gasteiger partial charge on any atom is -0.370 e. The topological polar surface area (TPSA) is 81.5 Å². The van der Waals surface area contributed by atoms with Crippen molar-refractivity contribution >= 4 is 11.7 Å². The molecule has 1 unspecified atom stereocenters. The zero-order chi connectivity index (χ0) is 11.7. The molecule has 0 bridgehead atoms. The molecule has 0 rings (SSSR count). The zero-order valence-corrected chi connectivity index (χ0v) is 9.83. The maximum atomic E-state index is 11.5. The quantitative estimate of drug-likeness (QED) is 0.363. The average Bonchev–Trinajstić information content (AvgIpc) is 2.21. The van der Waals surface area contributed by atoms with Crippen LogP contribution in [0.25, 0.3) is 0 Å². The molecule has 0 aromatic carbocycles. The number of aliphatic imine (C=N–C) groups is 1. The van der Waals surface area contributed by atoms with Gasteiger partial charge in [-0.1, -0.05) is 20.3 Å². The van der Waals surface area contributed by atoms with Gasteiger partial charge in [0.1, 0.15) is 5.78 Å². The van der Waals surface area contributed by atoms with Crippen molar-refractivity contribution in [2.24, 2.45) is 22.4 Å². The Kier molecular flexibility index (Phi) is 7.68. The minimum atomic E-state index is 0.129. The average molecular weight is 213 g/mol. The minimum absolute atomic E-state index is 0.129. The Hall–Kier alpha value is -1.06. The van der Waals surface area contributed by atoms with E-state index >= 15 is 0 Å². The van der Waals surface area contributed by atoms with Crippen LogP contribution in [-0.2, 0) is 4.79 Å². The third-order valence-corrected chi connectivity index (χ3v) is 2.45. The van der Waals surface area contributed by atoms with Crippen molar-refractivity contribution < 1.29 is 4.79 Å². The van der Waals surface area contributed by atoms with E-state index in [9.17, 15) is 4.79 Å². The van der Waals surface area contributed by atoms with Crippen LogP contribution >= 0.6 is 0 Å². The molecule has 0 aliphatic carbocycles. The number of carbonyl (C=O) groups excluding carboxylic acids is 1. The summed E-state index contributed by atoms with van der Waals surface area (Å²) < 4.78 is 0. The molecule has 0 saturated heterocycles. The summed E-state index contributed by atoms with van der Waals surface area (Å²) >= 11 is 0. The van der Waals surface area contributed by atoms with E-state index in [4.69, 9.17) is 11.5 Å². The van der Waals surface area contributed by atoms with Crippen LogP contribution in [0.2, 0.25) is 0 Å². The smallest absolute Gasteiger partial charge is 0.185 e. The molecule has 4 N–H and O–H groups in total. The number of hydrogen-bond donors (Lipinski definition) is 2. The van der Waals surface area contributed by atoms with Gasteiger partial charge in [0.25, 0.3) is 0 Å². The van der Waals surface area contributed by atoms with Crippen LogP contribution < -0.4 is 11.5 Å². The number of nitrogens with two attached hydrogens (primary N) is 2. The molecule has 15 heavy (non-hydrogen) atoms. The molecule has 4 nitrogen and oxygen atoms in total. The second-order valence-electron chi connectivity index (χ2n) is 3.75. The Balaban J connectivity index is 3.86. The molecule has 0 aliphatic heterocycles. The molecular weight excluding hydrogens is 190 g/mol. The number of guanidine groups is 1. The van der Waals surface area contributed by atoms with E-state index in [1.54, 1.807) is 0 Å². The van der Waals surface area contributed by atoms with Crippen molar-refractivity contribution in [3.8, 4) is 0 Å². The molecule has 88 valence electrons. The summed E-state index contributed by atoms with van der Waals surface area (Å²) in [7, 11) is 0.